The van der Waals surface area contributed by atoms with Gasteiger partial charge >= 0.3 is 0 Å². The molecule has 0 fully saturated rings. The van der Waals surface area contributed by atoms with E-state index in [0.717, 1.165) is 17.9 Å². The Balaban J connectivity index is 1.68. The molecule has 0 saturated heterocycles. The Morgan fingerprint density at radius 2 is 1.84 bits per heavy atom. The van der Waals surface area contributed by atoms with Crippen LogP contribution in [-0.4, -0.2) is 10.2 Å². The molecule has 0 unspecified atom stereocenters. The Labute approximate surface area is 117 Å². The van der Waals surface area contributed by atoms with E-state index in [-0.39, 0.29) is 0 Å². The van der Waals surface area contributed by atoms with Gasteiger partial charge in [-0.05, 0) is 61.1 Å². The van der Waals surface area contributed by atoms with Gasteiger partial charge in [0.2, 0.25) is 0 Å². The minimum Gasteiger partial charge on any atom is -0.487 e. The number of hydrogen-bond acceptors (Lipinski definition) is 3. The molecule has 3 nitrogen and oxygen atoms in total. The third-order valence-electron chi connectivity index (χ3n) is 3.39. The van der Waals surface area contributed by atoms with Gasteiger partial charge in [-0.3, -0.25) is 0 Å². The first-order valence-corrected chi connectivity index (χ1v) is 6.92. The molecule has 3 rings (SSSR count). The first-order chi connectivity index (χ1) is 9.31. The molecule has 19 heavy (non-hydrogen) atoms. The molecule has 0 aliphatic heterocycles. The van der Waals surface area contributed by atoms with Gasteiger partial charge in [-0.1, -0.05) is 17.7 Å². The number of rotatable bonds is 3. The normalized spacial score (nSPS) is 13.9. The molecule has 1 aromatic carbocycles. The highest BCUT2D eigenvalue weighted by Crippen LogP contribution is 2.25. The third-order valence-corrected chi connectivity index (χ3v) is 3.60. The second-order valence-electron chi connectivity index (χ2n) is 4.77. The van der Waals surface area contributed by atoms with Gasteiger partial charge < -0.3 is 4.74 Å². The number of hydrogen-bond donors (Lipinski definition) is 0. The van der Waals surface area contributed by atoms with E-state index in [0.29, 0.717) is 11.8 Å². The van der Waals surface area contributed by atoms with Gasteiger partial charge in [-0.2, -0.15) is 5.10 Å². The van der Waals surface area contributed by atoms with Crippen LogP contribution in [0, 0.1) is 0 Å². The molecule has 0 atom stereocenters. The van der Waals surface area contributed by atoms with Crippen LogP contribution in [0.3, 0.4) is 0 Å². The Morgan fingerprint density at radius 3 is 2.63 bits per heavy atom. The van der Waals surface area contributed by atoms with Crippen molar-refractivity contribution < 1.29 is 4.74 Å². The molecule has 0 N–H and O–H groups in total. The molecule has 1 aliphatic rings. The van der Waals surface area contributed by atoms with Crippen molar-refractivity contribution in [1.29, 1.82) is 0 Å². The van der Waals surface area contributed by atoms with Crippen LogP contribution in [0.2, 0.25) is 5.15 Å². The van der Waals surface area contributed by atoms with E-state index in [4.69, 9.17) is 16.3 Å². The van der Waals surface area contributed by atoms with E-state index >= 15 is 0 Å². The number of nitrogens with zero attached hydrogens (tertiary/aromatic N) is 2. The van der Waals surface area contributed by atoms with E-state index < -0.39 is 0 Å². The van der Waals surface area contributed by atoms with Gasteiger partial charge in [-0.25, -0.2) is 0 Å². The number of benzene rings is 1. The zero-order valence-electron chi connectivity index (χ0n) is 10.6. The maximum Gasteiger partial charge on any atom is 0.151 e. The van der Waals surface area contributed by atoms with Gasteiger partial charge in [0.1, 0.15) is 18.1 Å². The summed E-state index contributed by atoms with van der Waals surface area (Å²) in [6.45, 7) is 0.420. The SMILES string of the molecule is Clc1ccc(COc2ccc3c(c2)CCCC3)nn1. The summed E-state index contributed by atoms with van der Waals surface area (Å²) < 4.78 is 5.75. The Hall–Kier alpha value is -1.61. The van der Waals surface area contributed by atoms with Crippen molar-refractivity contribution >= 4 is 11.6 Å². The minimum atomic E-state index is 0.400. The summed E-state index contributed by atoms with van der Waals surface area (Å²) in [7, 11) is 0. The van der Waals surface area contributed by atoms with Crippen LogP contribution >= 0.6 is 11.6 Å². The first-order valence-electron chi connectivity index (χ1n) is 6.54. The zero-order valence-corrected chi connectivity index (χ0v) is 11.4. The minimum absolute atomic E-state index is 0.400. The van der Waals surface area contributed by atoms with E-state index in [1.807, 2.05) is 12.1 Å². The lowest BCUT2D eigenvalue weighted by molar-refractivity contribution is 0.299. The van der Waals surface area contributed by atoms with Crippen molar-refractivity contribution in [3.63, 3.8) is 0 Å². The summed E-state index contributed by atoms with van der Waals surface area (Å²) in [5.41, 5.74) is 3.66. The summed E-state index contributed by atoms with van der Waals surface area (Å²) in [4.78, 5) is 0. The van der Waals surface area contributed by atoms with Crippen molar-refractivity contribution in [2.75, 3.05) is 0 Å². The number of fused-ring (bicyclic) bond motifs is 1. The molecule has 0 spiro atoms. The molecular weight excluding hydrogens is 260 g/mol. The second kappa shape index (κ2) is 5.57. The summed E-state index contributed by atoms with van der Waals surface area (Å²) in [5.74, 6) is 0.900. The molecule has 4 heteroatoms. The predicted molar refractivity (Wildman–Crippen MR) is 74.5 cm³/mol. The fraction of sp³-hybridized carbons (Fsp3) is 0.333. The van der Waals surface area contributed by atoms with Gasteiger partial charge in [0.15, 0.2) is 5.15 Å². The largest absolute Gasteiger partial charge is 0.487 e. The first kappa shape index (κ1) is 12.4. The molecule has 0 saturated carbocycles. The average molecular weight is 275 g/mol. The van der Waals surface area contributed by atoms with Crippen molar-refractivity contribution in [2.24, 2.45) is 0 Å². The second-order valence-corrected chi connectivity index (χ2v) is 5.16. The molecule has 0 bridgehead atoms. The van der Waals surface area contributed by atoms with E-state index in [2.05, 4.69) is 22.3 Å². The molecule has 1 heterocycles. The van der Waals surface area contributed by atoms with Crippen molar-refractivity contribution in [3.8, 4) is 5.75 Å². The molecular formula is C15H15ClN2O. The average Bonchev–Trinajstić information content (AvgIpc) is 2.46. The number of halogens is 1. The fourth-order valence-electron chi connectivity index (χ4n) is 2.38. The molecule has 2 aromatic rings. The number of ether oxygens (including phenoxy) is 1. The Bertz CT molecular complexity index is 569. The molecule has 98 valence electrons. The standard InChI is InChI=1S/C15H15ClN2O/c16-15-8-6-13(17-18-15)10-19-14-7-5-11-3-1-2-4-12(11)9-14/h5-9H,1-4,10H2. The van der Waals surface area contributed by atoms with Crippen LogP contribution in [0.1, 0.15) is 29.7 Å². The highest BCUT2D eigenvalue weighted by atomic mass is 35.5. The van der Waals surface area contributed by atoms with Crippen LogP contribution in [0.5, 0.6) is 5.75 Å². The number of aryl methyl sites for hydroxylation is 2. The van der Waals surface area contributed by atoms with Crippen molar-refractivity contribution in [3.05, 3.63) is 52.3 Å². The quantitative estimate of drug-likeness (QED) is 0.858. The number of aromatic nitrogens is 2. The summed E-state index contributed by atoms with van der Waals surface area (Å²) in [6, 6.07) is 9.91. The summed E-state index contributed by atoms with van der Waals surface area (Å²) in [5, 5.41) is 8.17. The maximum absolute atomic E-state index is 5.75. The van der Waals surface area contributed by atoms with E-state index in [9.17, 15) is 0 Å². The van der Waals surface area contributed by atoms with Gasteiger partial charge in [0.25, 0.3) is 0 Å². The summed E-state index contributed by atoms with van der Waals surface area (Å²) in [6.07, 6.45) is 4.93. The molecule has 0 radical (unpaired) electrons. The monoisotopic (exact) mass is 274 g/mol. The van der Waals surface area contributed by atoms with E-state index in [1.54, 1.807) is 6.07 Å². The lowest BCUT2D eigenvalue weighted by Gasteiger charge is -2.16. The Kier molecular flexibility index (Phi) is 3.65. The van der Waals surface area contributed by atoms with Crippen LogP contribution in [0.25, 0.3) is 0 Å². The molecule has 0 amide bonds. The molecule has 1 aromatic heterocycles. The van der Waals surface area contributed by atoms with Crippen LogP contribution in [-0.2, 0) is 19.4 Å². The predicted octanol–water partition coefficient (Wildman–Crippen LogP) is 3.59. The Morgan fingerprint density at radius 1 is 1.00 bits per heavy atom. The smallest absolute Gasteiger partial charge is 0.151 e. The topological polar surface area (TPSA) is 35.0 Å². The highest BCUT2D eigenvalue weighted by Gasteiger charge is 2.10. The van der Waals surface area contributed by atoms with Crippen LogP contribution < -0.4 is 4.74 Å². The lowest BCUT2D eigenvalue weighted by atomic mass is 9.92. The lowest BCUT2D eigenvalue weighted by Crippen LogP contribution is -2.04. The van der Waals surface area contributed by atoms with Crippen LogP contribution in [0.15, 0.2) is 30.3 Å². The highest BCUT2D eigenvalue weighted by molar-refractivity contribution is 6.29. The van der Waals surface area contributed by atoms with Crippen molar-refractivity contribution in [1.82, 2.24) is 10.2 Å². The fourth-order valence-corrected chi connectivity index (χ4v) is 2.48. The maximum atomic E-state index is 5.75. The van der Waals surface area contributed by atoms with Crippen LogP contribution in [0.4, 0.5) is 0 Å². The van der Waals surface area contributed by atoms with Gasteiger partial charge in [0.05, 0.1) is 0 Å². The summed E-state index contributed by atoms with van der Waals surface area (Å²) >= 11 is 5.69. The zero-order chi connectivity index (χ0) is 13.1. The third kappa shape index (κ3) is 3.04. The molecule has 1 aliphatic carbocycles. The van der Waals surface area contributed by atoms with Gasteiger partial charge in [-0.15, -0.1) is 5.10 Å². The van der Waals surface area contributed by atoms with E-state index in [1.165, 1.54) is 30.4 Å². The van der Waals surface area contributed by atoms with Gasteiger partial charge in [0, 0.05) is 0 Å². The van der Waals surface area contributed by atoms with Crippen molar-refractivity contribution in [2.45, 2.75) is 32.3 Å².